The van der Waals surface area contributed by atoms with E-state index in [1.54, 1.807) is 23.1 Å². The standard InChI is InChI=1S/C13H14BrFN4/c14-11-5-9(1-4-12(11)15)7-19-8-17-13(18-19)6-16-10-2-3-10/h1,4-5,8,10,16H,2-3,6-7H2. The predicted molar refractivity (Wildman–Crippen MR) is 73.1 cm³/mol. The summed E-state index contributed by atoms with van der Waals surface area (Å²) in [4.78, 5) is 4.26. The molecule has 3 rings (SSSR count). The molecule has 0 atom stereocenters. The minimum atomic E-state index is -0.253. The zero-order valence-corrected chi connectivity index (χ0v) is 11.9. The molecule has 0 amide bonds. The molecular formula is C13H14BrFN4. The van der Waals surface area contributed by atoms with Gasteiger partial charge in [-0.25, -0.2) is 14.1 Å². The molecule has 1 aromatic carbocycles. The first-order valence-corrected chi connectivity index (χ1v) is 7.05. The van der Waals surface area contributed by atoms with Crippen LogP contribution in [0.5, 0.6) is 0 Å². The van der Waals surface area contributed by atoms with E-state index in [0.29, 0.717) is 23.6 Å². The maximum atomic E-state index is 13.1. The number of halogens is 2. The molecule has 0 aliphatic heterocycles. The van der Waals surface area contributed by atoms with Crippen molar-refractivity contribution in [2.75, 3.05) is 0 Å². The van der Waals surface area contributed by atoms with E-state index in [1.165, 1.54) is 18.9 Å². The van der Waals surface area contributed by atoms with Crippen LogP contribution in [0.1, 0.15) is 24.2 Å². The second-order valence-electron chi connectivity index (χ2n) is 4.76. The molecule has 6 heteroatoms. The van der Waals surface area contributed by atoms with Crippen LogP contribution in [0.25, 0.3) is 0 Å². The van der Waals surface area contributed by atoms with E-state index in [2.05, 4.69) is 31.3 Å². The van der Waals surface area contributed by atoms with Gasteiger partial charge in [-0.2, -0.15) is 5.10 Å². The van der Waals surface area contributed by atoms with E-state index in [-0.39, 0.29) is 5.82 Å². The van der Waals surface area contributed by atoms with E-state index < -0.39 is 0 Å². The quantitative estimate of drug-likeness (QED) is 0.918. The Morgan fingerprint density at radius 3 is 3.00 bits per heavy atom. The first-order chi connectivity index (χ1) is 9.20. The summed E-state index contributed by atoms with van der Waals surface area (Å²) in [5.74, 6) is 0.546. The van der Waals surface area contributed by atoms with Crippen LogP contribution in [0.3, 0.4) is 0 Å². The Kier molecular flexibility index (Phi) is 3.61. The third-order valence-corrected chi connectivity index (χ3v) is 3.65. The van der Waals surface area contributed by atoms with Crippen LogP contribution in [0.4, 0.5) is 4.39 Å². The third-order valence-electron chi connectivity index (χ3n) is 3.04. The smallest absolute Gasteiger partial charge is 0.164 e. The van der Waals surface area contributed by atoms with Crippen molar-refractivity contribution in [3.05, 3.63) is 46.2 Å². The number of rotatable bonds is 5. The lowest BCUT2D eigenvalue weighted by atomic mass is 10.2. The first kappa shape index (κ1) is 12.7. The fraction of sp³-hybridized carbons (Fsp3) is 0.385. The molecule has 1 aliphatic rings. The van der Waals surface area contributed by atoms with Crippen LogP contribution in [0.15, 0.2) is 29.0 Å². The fourth-order valence-corrected chi connectivity index (χ4v) is 2.26. The highest BCUT2D eigenvalue weighted by Gasteiger charge is 2.20. The molecule has 0 spiro atoms. The van der Waals surface area contributed by atoms with Crippen molar-refractivity contribution >= 4 is 15.9 Å². The summed E-state index contributed by atoms with van der Waals surface area (Å²) in [6.45, 7) is 1.31. The molecule has 1 saturated carbocycles. The number of nitrogens with zero attached hydrogens (tertiary/aromatic N) is 3. The minimum absolute atomic E-state index is 0.253. The summed E-state index contributed by atoms with van der Waals surface area (Å²) in [6, 6.07) is 5.62. The maximum Gasteiger partial charge on any atom is 0.164 e. The summed E-state index contributed by atoms with van der Waals surface area (Å²) in [5.41, 5.74) is 0.986. The van der Waals surface area contributed by atoms with Gasteiger partial charge in [-0.1, -0.05) is 6.07 Å². The maximum absolute atomic E-state index is 13.1. The van der Waals surface area contributed by atoms with Crippen molar-refractivity contribution in [1.82, 2.24) is 20.1 Å². The normalized spacial score (nSPS) is 14.8. The van der Waals surface area contributed by atoms with Crippen molar-refractivity contribution in [1.29, 1.82) is 0 Å². The van der Waals surface area contributed by atoms with Gasteiger partial charge < -0.3 is 5.32 Å². The molecule has 1 aromatic heterocycles. The number of aromatic nitrogens is 3. The summed E-state index contributed by atoms with van der Waals surface area (Å²) in [7, 11) is 0. The molecule has 1 fully saturated rings. The van der Waals surface area contributed by atoms with Crippen LogP contribution < -0.4 is 5.32 Å². The van der Waals surface area contributed by atoms with Crippen LogP contribution in [0, 0.1) is 5.82 Å². The van der Waals surface area contributed by atoms with Gasteiger partial charge in [0.1, 0.15) is 12.1 Å². The second kappa shape index (κ2) is 5.38. The largest absolute Gasteiger partial charge is 0.307 e. The van der Waals surface area contributed by atoms with E-state index in [4.69, 9.17) is 0 Å². The second-order valence-corrected chi connectivity index (χ2v) is 5.62. The Morgan fingerprint density at radius 2 is 2.26 bits per heavy atom. The van der Waals surface area contributed by atoms with Crippen LogP contribution >= 0.6 is 15.9 Å². The molecule has 100 valence electrons. The lowest BCUT2D eigenvalue weighted by Crippen LogP contribution is -2.16. The highest BCUT2D eigenvalue weighted by atomic mass is 79.9. The highest BCUT2D eigenvalue weighted by molar-refractivity contribution is 9.10. The lowest BCUT2D eigenvalue weighted by Gasteiger charge is -2.02. The molecule has 19 heavy (non-hydrogen) atoms. The van der Waals surface area contributed by atoms with Gasteiger partial charge in [0.25, 0.3) is 0 Å². The molecular weight excluding hydrogens is 311 g/mol. The molecule has 1 N–H and O–H groups in total. The Bertz CT molecular complexity index is 580. The van der Waals surface area contributed by atoms with Crippen LogP contribution in [-0.2, 0) is 13.1 Å². The fourth-order valence-electron chi connectivity index (χ4n) is 1.84. The monoisotopic (exact) mass is 324 g/mol. The summed E-state index contributed by atoms with van der Waals surface area (Å²) in [6.07, 6.45) is 4.22. The minimum Gasteiger partial charge on any atom is -0.307 e. The molecule has 4 nitrogen and oxygen atoms in total. The van der Waals surface area contributed by atoms with Crippen molar-refractivity contribution in [2.24, 2.45) is 0 Å². The summed E-state index contributed by atoms with van der Waals surface area (Å²) < 4.78 is 15.4. The molecule has 2 aromatic rings. The van der Waals surface area contributed by atoms with Crippen molar-refractivity contribution < 1.29 is 4.39 Å². The predicted octanol–water partition coefficient (Wildman–Crippen LogP) is 2.48. The molecule has 1 aliphatic carbocycles. The zero-order chi connectivity index (χ0) is 13.2. The average molecular weight is 325 g/mol. The van der Waals surface area contributed by atoms with Crippen molar-refractivity contribution in [2.45, 2.75) is 32.0 Å². The van der Waals surface area contributed by atoms with Gasteiger partial charge >= 0.3 is 0 Å². The van der Waals surface area contributed by atoms with Gasteiger partial charge in [0.2, 0.25) is 0 Å². The Morgan fingerprint density at radius 1 is 1.42 bits per heavy atom. The number of hydrogen-bond acceptors (Lipinski definition) is 3. The summed E-state index contributed by atoms with van der Waals surface area (Å²) >= 11 is 3.18. The first-order valence-electron chi connectivity index (χ1n) is 6.26. The lowest BCUT2D eigenvalue weighted by molar-refractivity contribution is 0.613. The highest BCUT2D eigenvalue weighted by Crippen LogP contribution is 2.19. The van der Waals surface area contributed by atoms with Gasteiger partial charge in [0.15, 0.2) is 5.82 Å². The van der Waals surface area contributed by atoms with Crippen molar-refractivity contribution in [3.8, 4) is 0 Å². The number of hydrogen-bond donors (Lipinski definition) is 1. The molecule has 0 radical (unpaired) electrons. The van der Waals surface area contributed by atoms with Crippen LogP contribution in [0.2, 0.25) is 0 Å². The van der Waals surface area contributed by atoms with Gasteiger partial charge in [-0.3, -0.25) is 0 Å². The number of nitrogens with one attached hydrogen (secondary N) is 1. The topological polar surface area (TPSA) is 42.7 Å². The van der Waals surface area contributed by atoms with E-state index >= 15 is 0 Å². The Balaban J connectivity index is 1.63. The molecule has 0 unspecified atom stereocenters. The Hall–Kier alpha value is -1.27. The van der Waals surface area contributed by atoms with E-state index in [1.807, 2.05) is 0 Å². The van der Waals surface area contributed by atoms with Gasteiger partial charge in [-0.05, 0) is 46.5 Å². The average Bonchev–Trinajstić information content (AvgIpc) is 3.12. The molecule has 0 bridgehead atoms. The third kappa shape index (κ3) is 3.39. The van der Waals surface area contributed by atoms with E-state index in [9.17, 15) is 4.39 Å². The van der Waals surface area contributed by atoms with Gasteiger partial charge in [0.05, 0.1) is 17.6 Å². The number of benzene rings is 1. The van der Waals surface area contributed by atoms with Crippen LogP contribution in [-0.4, -0.2) is 20.8 Å². The summed E-state index contributed by atoms with van der Waals surface area (Å²) in [5, 5.41) is 7.76. The van der Waals surface area contributed by atoms with Gasteiger partial charge in [-0.15, -0.1) is 0 Å². The SMILES string of the molecule is Fc1ccc(Cn2cnc(CNC3CC3)n2)cc1Br. The van der Waals surface area contributed by atoms with Crippen molar-refractivity contribution in [3.63, 3.8) is 0 Å². The molecule has 0 saturated heterocycles. The van der Waals surface area contributed by atoms with E-state index in [0.717, 1.165) is 11.4 Å². The zero-order valence-electron chi connectivity index (χ0n) is 10.3. The Labute approximate surface area is 119 Å². The van der Waals surface area contributed by atoms with Gasteiger partial charge in [0, 0.05) is 6.04 Å². The molecule has 1 heterocycles.